The van der Waals surface area contributed by atoms with Crippen molar-refractivity contribution in [3.05, 3.63) is 70.9 Å². The summed E-state index contributed by atoms with van der Waals surface area (Å²) in [5, 5.41) is 15.0. The first-order valence-corrected chi connectivity index (χ1v) is 13.9. The number of amides is 3. The van der Waals surface area contributed by atoms with Crippen molar-refractivity contribution >= 4 is 35.3 Å². The van der Waals surface area contributed by atoms with Gasteiger partial charge in [-0.15, -0.1) is 11.8 Å². The molecular weight excluding hydrogens is 537 g/mol. The van der Waals surface area contributed by atoms with E-state index < -0.39 is 23.6 Å². The molecule has 2 aromatic rings. The third-order valence-corrected chi connectivity index (χ3v) is 8.30. The first kappa shape index (κ1) is 27.8. The van der Waals surface area contributed by atoms with Gasteiger partial charge in [0.2, 0.25) is 11.8 Å². The molecule has 3 aliphatic heterocycles. The normalized spacial score (nSPS) is 21.3. The number of nitrogens with two attached hydrogens (primary N) is 1. The van der Waals surface area contributed by atoms with Crippen molar-refractivity contribution in [1.29, 1.82) is 5.41 Å². The van der Waals surface area contributed by atoms with Gasteiger partial charge in [-0.3, -0.25) is 19.8 Å². The lowest BCUT2D eigenvalue weighted by Gasteiger charge is -2.24. The van der Waals surface area contributed by atoms with Crippen LogP contribution in [-0.2, 0) is 19.1 Å². The molecule has 0 saturated carbocycles. The van der Waals surface area contributed by atoms with Crippen molar-refractivity contribution < 1.29 is 28.2 Å². The molecule has 0 radical (unpaired) electrons. The van der Waals surface area contributed by atoms with E-state index in [1.54, 1.807) is 42.5 Å². The van der Waals surface area contributed by atoms with E-state index in [1.807, 2.05) is 5.41 Å². The Balaban J connectivity index is 1.19. The van der Waals surface area contributed by atoms with Gasteiger partial charge in [-0.25, -0.2) is 4.39 Å². The summed E-state index contributed by atoms with van der Waals surface area (Å²) in [7, 11) is 0. The van der Waals surface area contributed by atoms with Gasteiger partial charge in [0, 0.05) is 34.9 Å². The van der Waals surface area contributed by atoms with Gasteiger partial charge < -0.3 is 30.7 Å². The lowest BCUT2D eigenvalue weighted by Crippen LogP contribution is -2.50. The number of halogens is 1. The van der Waals surface area contributed by atoms with E-state index in [0.29, 0.717) is 42.9 Å². The van der Waals surface area contributed by atoms with E-state index in [4.69, 9.17) is 20.6 Å². The molecular formula is C28H30FN5O5S. The fourth-order valence-corrected chi connectivity index (χ4v) is 6.08. The number of thioether (sulfide) groups is 1. The van der Waals surface area contributed by atoms with Crippen LogP contribution in [0, 0.1) is 11.2 Å². The monoisotopic (exact) mass is 567 g/mol. The van der Waals surface area contributed by atoms with Gasteiger partial charge in [-0.2, -0.15) is 0 Å². The summed E-state index contributed by atoms with van der Waals surface area (Å²) in [4.78, 5) is 40.5. The maximum absolute atomic E-state index is 14.1. The first-order chi connectivity index (χ1) is 19.2. The summed E-state index contributed by atoms with van der Waals surface area (Å²) in [6.07, 6.45) is 0.766. The van der Waals surface area contributed by atoms with Crippen LogP contribution in [0.3, 0.4) is 0 Å². The highest BCUT2D eigenvalue weighted by Gasteiger charge is 2.52. The third-order valence-electron chi connectivity index (χ3n) is 7.16. The number of hydrogen-bond acceptors (Lipinski definition) is 7. The molecule has 0 bridgehead atoms. The Kier molecular flexibility index (Phi) is 8.19. The predicted molar refractivity (Wildman–Crippen MR) is 148 cm³/mol. The second-order valence-electron chi connectivity index (χ2n) is 9.85. The number of ether oxygens (including phenoxy) is 2. The summed E-state index contributed by atoms with van der Waals surface area (Å²) < 4.78 is 25.6. The van der Waals surface area contributed by atoms with Gasteiger partial charge in [0.15, 0.2) is 5.79 Å². The van der Waals surface area contributed by atoms with Crippen LogP contribution in [-0.4, -0.2) is 78.4 Å². The van der Waals surface area contributed by atoms with E-state index in [0.717, 1.165) is 5.57 Å². The Hall–Kier alpha value is -3.74. The molecule has 2 saturated heterocycles. The van der Waals surface area contributed by atoms with Crippen LogP contribution in [0.1, 0.15) is 23.2 Å². The topological polar surface area (TPSA) is 147 Å². The number of carbonyl (C=O) groups excluding carboxylic acids is 3. The maximum atomic E-state index is 14.1. The Bertz CT molecular complexity index is 1340. The van der Waals surface area contributed by atoms with Crippen LogP contribution in [0.5, 0.6) is 0 Å². The zero-order valence-electron chi connectivity index (χ0n) is 21.7. The Morgan fingerprint density at radius 1 is 1.10 bits per heavy atom. The highest BCUT2D eigenvalue weighted by atomic mass is 32.2. The maximum Gasteiger partial charge on any atom is 0.251 e. The molecule has 2 unspecified atom stereocenters. The van der Waals surface area contributed by atoms with Gasteiger partial charge in [0.05, 0.1) is 26.3 Å². The predicted octanol–water partition coefficient (Wildman–Crippen LogP) is 2.01. The molecule has 2 atom stereocenters. The molecule has 40 heavy (non-hydrogen) atoms. The number of benzene rings is 2. The number of amidine groups is 1. The highest BCUT2D eigenvalue weighted by molar-refractivity contribution is 8.03. The number of rotatable bonds is 8. The van der Waals surface area contributed by atoms with E-state index in [-0.39, 0.29) is 42.3 Å². The quantitative estimate of drug-likeness (QED) is 0.282. The summed E-state index contributed by atoms with van der Waals surface area (Å²) in [5.41, 5.74) is 7.67. The lowest BCUT2D eigenvalue weighted by atomic mass is 10.0. The summed E-state index contributed by atoms with van der Waals surface area (Å²) in [6, 6.07) is 12.0. The fraction of sp³-hybridized carbons (Fsp3) is 0.357. The molecule has 0 aromatic heterocycles. The van der Waals surface area contributed by atoms with Gasteiger partial charge in [-0.1, -0.05) is 30.3 Å². The average molecular weight is 568 g/mol. The van der Waals surface area contributed by atoms with E-state index in [9.17, 15) is 18.8 Å². The van der Waals surface area contributed by atoms with Crippen molar-refractivity contribution in [3.8, 4) is 11.1 Å². The minimum absolute atomic E-state index is 0.0226. The van der Waals surface area contributed by atoms with Crippen LogP contribution in [0.25, 0.3) is 11.1 Å². The van der Waals surface area contributed by atoms with Crippen molar-refractivity contribution in [1.82, 2.24) is 15.5 Å². The Morgan fingerprint density at radius 3 is 2.50 bits per heavy atom. The minimum atomic E-state index is -1.05. The molecule has 3 heterocycles. The second-order valence-corrected chi connectivity index (χ2v) is 11.0. The number of hydrogen-bond donors (Lipinski definition) is 4. The zero-order chi connectivity index (χ0) is 28.3. The molecule has 2 aromatic carbocycles. The van der Waals surface area contributed by atoms with Crippen molar-refractivity contribution in [2.45, 2.75) is 29.9 Å². The number of carbonyl (C=O) groups is 3. The summed E-state index contributed by atoms with van der Waals surface area (Å²) in [6.45, 7) is 0.843. The summed E-state index contributed by atoms with van der Waals surface area (Å²) in [5.74, 6) is -2.63. The summed E-state index contributed by atoms with van der Waals surface area (Å²) >= 11 is 1.51. The molecule has 0 aliphatic carbocycles. The Labute approximate surface area is 235 Å². The number of nitrogens with one attached hydrogen (secondary N) is 3. The van der Waals surface area contributed by atoms with Gasteiger partial charge in [0.25, 0.3) is 5.91 Å². The molecule has 3 aliphatic rings. The molecule has 2 fully saturated rings. The van der Waals surface area contributed by atoms with Gasteiger partial charge in [0.1, 0.15) is 17.7 Å². The average Bonchev–Trinajstić information content (AvgIpc) is 3.71. The zero-order valence-corrected chi connectivity index (χ0v) is 22.5. The standard InChI is InChI=1S/C28H30FN5O5S/c29-22-4-2-1-3-21(22)17-5-7-18(8-6-17)26(36)33-14-24(35)34-16-28(38-9-10-39-28)12-23(34)27(37)32-13-20-11-19(15-40-20)25(30)31/h1-8,15,20,23H,9-14,16H2,(H3,30,31)(H,32,37)(H,33,36). The molecule has 1 spiro atoms. The Morgan fingerprint density at radius 2 is 1.82 bits per heavy atom. The molecule has 10 nitrogen and oxygen atoms in total. The smallest absolute Gasteiger partial charge is 0.251 e. The molecule has 12 heteroatoms. The van der Waals surface area contributed by atoms with E-state index in [2.05, 4.69) is 10.6 Å². The van der Waals surface area contributed by atoms with Crippen LogP contribution < -0.4 is 16.4 Å². The van der Waals surface area contributed by atoms with Crippen LogP contribution in [0.2, 0.25) is 0 Å². The van der Waals surface area contributed by atoms with Crippen molar-refractivity contribution in [2.75, 3.05) is 32.8 Å². The SMILES string of the molecule is N=C(N)C1=CSC(CNC(=O)C2CC3(CN2C(=O)CNC(=O)c2ccc(-c4ccccc4F)cc2)OCCO3)C1. The fourth-order valence-electron chi connectivity index (χ4n) is 5.04. The second kappa shape index (κ2) is 11.8. The number of nitrogens with zero attached hydrogens (tertiary/aromatic N) is 1. The van der Waals surface area contributed by atoms with Crippen LogP contribution in [0.15, 0.2) is 59.5 Å². The minimum Gasteiger partial charge on any atom is -0.384 e. The highest BCUT2D eigenvalue weighted by Crippen LogP contribution is 2.35. The molecule has 210 valence electrons. The van der Waals surface area contributed by atoms with E-state index >= 15 is 0 Å². The van der Waals surface area contributed by atoms with Crippen LogP contribution in [0.4, 0.5) is 4.39 Å². The van der Waals surface area contributed by atoms with Gasteiger partial charge >= 0.3 is 0 Å². The van der Waals surface area contributed by atoms with Crippen LogP contribution >= 0.6 is 11.8 Å². The molecule has 5 N–H and O–H groups in total. The first-order valence-electron chi connectivity index (χ1n) is 12.9. The largest absolute Gasteiger partial charge is 0.384 e. The molecule has 3 amide bonds. The van der Waals surface area contributed by atoms with E-state index in [1.165, 1.54) is 22.7 Å². The molecule has 5 rings (SSSR count). The number of likely N-dealkylation sites (tertiary alicyclic amines) is 1. The third kappa shape index (κ3) is 6.03. The van der Waals surface area contributed by atoms with Crippen molar-refractivity contribution in [2.24, 2.45) is 5.73 Å². The lowest BCUT2D eigenvalue weighted by molar-refractivity contribution is -0.152. The van der Waals surface area contributed by atoms with Gasteiger partial charge in [-0.05, 0) is 35.6 Å². The van der Waals surface area contributed by atoms with Crippen molar-refractivity contribution in [3.63, 3.8) is 0 Å².